The standard InChI is InChI=1S/C21H23N5O/c22-21-20-18(23-14-24-21)9-8-17(25-20)15-5-3-6-16(13-15)19(27)7-4-12-26-10-1-2-11-26/h3,5-6,8-9,13-14H,1-2,4,7,10-12H2,(H2,22,23,24). The summed E-state index contributed by atoms with van der Waals surface area (Å²) in [6, 6.07) is 11.4. The van der Waals surface area contributed by atoms with Crippen LogP contribution in [0.5, 0.6) is 0 Å². The number of nitrogen functional groups attached to an aromatic ring is 1. The van der Waals surface area contributed by atoms with Gasteiger partial charge in [0, 0.05) is 17.5 Å². The Morgan fingerprint density at radius 2 is 1.96 bits per heavy atom. The molecule has 138 valence electrons. The number of likely N-dealkylation sites (tertiary alicyclic amines) is 1. The third-order valence-electron chi connectivity index (χ3n) is 5.07. The number of carbonyl (C=O) groups is 1. The summed E-state index contributed by atoms with van der Waals surface area (Å²) < 4.78 is 0. The number of nitrogens with zero attached hydrogens (tertiary/aromatic N) is 4. The first-order valence-corrected chi connectivity index (χ1v) is 9.44. The van der Waals surface area contributed by atoms with E-state index < -0.39 is 0 Å². The molecule has 0 spiro atoms. The lowest BCUT2D eigenvalue weighted by Crippen LogP contribution is -2.21. The summed E-state index contributed by atoms with van der Waals surface area (Å²) in [7, 11) is 0. The van der Waals surface area contributed by atoms with E-state index >= 15 is 0 Å². The van der Waals surface area contributed by atoms with E-state index in [2.05, 4.69) is 19.9 Å². The van der Waals surface area contributed by atoms with Gasteiger partial charge < -0.3 is 10.6 Å². The molecule has 3 aromatic rings. The second kappa shape index (κ2) is 7.80. The normalized spacial score (nSPS) is 14.7. The first-order valence-electron chi connectivity index (χ1n) is 9.44. The van der Waals surface area contributed by atoms with Crippen molar-refractivity contribution in [2.75, 3.05) is 25.4 Å². The number of nitrogens with two attached hydrogens (primary N) is 1. The fraction of sp³-hybridized carbons (Fsp3) is 0.333. The minimum Gasteiger partial charge on any atom is -0.382 e. The third-order valence-corrected chi connectivity index (χ3v) is 5.07. The summed E-state index contributed by atoms with van der Waals surface area (Å²) in [5.74, 6) is 0.538. The molecule has 0 unspecified atom stereocenters. The van der Waals surface area contributed by atoms with Crippen molar-refractivity contribution in [1.29, 1.82) is 0 Å². The van der Waals surface area contributed by atoms with Gasteiger partial charge in [-0.15, -0.1) is 0 Å². The van der Waals surface area contributed by atoms with Gasteiger partial charge in [0.1, 0.15) is 11.8 Å². The minimum atomic E-state index is 0.180. The van der Waals surface area contributed by atoms with Crippen molar-refractivity contribution in [3.8, 4) is 11.3 Å². The maximum absolute atomic E-state index is 12.6. The van der Waals surface area contributed by atoms with Crippen molar-refractivity contribution in [3.63, 3.8) is 0 Å². The predicted molar refractivity (Wildman–Crippen MR) is 106 cm³/mol. The molecule has 1 aliphatic heterocycles. The first kappa shape index (κ1) is 17.5. The highest BCUT2D eigenvalue weighted by molar-refractivity contribution is 5.97. The Kier molecular flexibility index (Phi) is 5.07. The summed E-state index contributed by atoms with van der Waals surface area (Å²) in [4.78, 5) is 27.8. The van der Waals surface area contributed by atoms with E-state index in [1.54, 1.807) is 0 Å². The zero-order valence-corrected chi connectivity index (χ0v) is 15.3. The lowest BCUT2D eigenvalue weighted by molar-refractivity contribution is 0.0976. The molecule has 1 saturated heterocycles. The molecular weight excluding hydrogens is 338 g/mol. The van der Waals surface area contributed by atoms with Crippen LogP contribution in [0.25, 0.3) is 22.3 Å². The largest absolute Gasteiger partial charge is 0.382 e. The monoisotopic (exact) mass is 361 g/mol. The van der Waals surface area contributed by atoms with Gasteiger partial charge in [0.15, 0.2) is 11.6 Å². The molecule has 0 bridgehead atoms. The Hall–Kier alpha value is -2.86. The average Bonchev–Trinajstić information content (AvgIpc) is 3.22. The summed E-state index contributed by atoms with van der Waals surface area (Å²) in [5, 5.41) is 0. The number of pyridine rings is 1. The molecule has 1 fully saturated rings. The average molecular weight is 361 g/mol. The van der Waals surface area contributed by atoms with Gasteiger partial charge in [-0.2, -0.15) is 0 Å². The van der Waals surface area contributed by atoms with Crippen LogP contribution in [0.2, 0.25) is 0 Å². The molecule has 2 N–H and O–H groups in total. The van der Waals surface area contributed by atoms with Crippen molar-refractivity contribution in [2.24, 2.45) is 0 Å². The maximum atomic E-state index is 12.6. The number of carbonyl (C=O) groups excluding carboxylic acids is 1. The van der Waals surface area contributed by atoms with E-state index in [0.29, 0.717) is 23.3 Å². The van der Waals surface area contributed by atoms with Gasteiger partial charge in [-0.25, -0.2) is 15.0 Å². The van der Waals surface area contributed by atoms with Gasteiger partial charge >= 0.3 is 0 Å². The van der Waals surface area contributed by atoms with Gasteiger partial charge in [0.05, 0.1) is 11.2 Å². The number of anilines is 1. The number of ketones is 1. The summed E-state index contributed by atoms with van der Waals surface area (Å²) in [6.45, 7) is 3.35. The Balaban J connectivity index is 1.50. The van der Waals surface area contributed by atoms with Crippen LogP contribution < -0.4 is 5.73 Å². The number of rotatable bonds is 6. The number of aromatic nitrogens is 3. The Bertz CT molecular complexity index is 966. The molecule has 3 heterocycles. The van der Waals surface area contributed by atoms with Crippen LogP contribution in [0.15, 0.2) is 42.7 Å². The topological polar surface area (TPSA) is 85.0 Å². The number of fused-ring (bicyclic) bond motifs is 1. The van der Waals surface area contributed by atoms with Crippen LogP contribution >= 0.6 is 0 Å². The predicted octanol–water partition coefficient (Wildman–Crippen LogP) is 3.33. The quantitative estimate of drug-likeness (QED) is 0.678. The lowest BCUT2D eigenvalue weighted by atomic mass is 10.0. The second-order valence-corrected chi connectivity index (χ2v) is 6.98. The van der Waals surface area contributed by atoms with E-state index in [9.17, 15) is 4.79 Å². The number of hydrogen-bond acceptors (Lipinski definition) is 6. The Morgan fingerprint density at radius 3 is 2.81 bits per heavy atom. The molecule has 2 aromatic heterocycles. The van der Waals surface area contributed by atoms with Crippen molar-refractivity contribution in [1.82, 2.24) is 19.9 Å². The first-order chi connectivity index (χ1) is 13.2. The van der Waals surface area contributed by atoms with E-state index in [0.717, 1.165) is 29.8 Å². The third kappa shape index (κ3) is 3.95. The number of Topliss-reactive ketones (excluding diaryl/α,β-unsaturated/α-hetero) is 1. The summed E-state index contributed by atoms with van der Waals surface area (Å²) in [6.07, 6.45) is 5.48. The van der Waals surface area contributed by atoms with Crippen molar-refractivity contribution < 1.29 is 4.79 Å². The zero-order chi connectivity index (χ0) is 18.6. The highest BCUT2D eigenvalue weighted by Crippen LogP contribution is 2.23. The fourth-order valence-corrected chi connectivity index (χ4v) is 3.59. The smallest absolute Gasteiger partial charge is 0.162 e. The molecule has 27 heavy (non-hydrogen) atoms. The zero-order valence-electron chi connectivity index (χ0n) is 15.3. The van der Waals surface area contributed by atoms with Crippen LogP contribution in [0, 0.1) is 0 Å². The van der Waals surface area contributed by atoms with Crippen LogP contribution in [0.4, 0.5) is 5.82 Å². The second-order valence-electron chi connectivity index (χ2n) is 6.98. The van der Waals surface area contributed by atoms with Gasteiger partial charge in [0.2, 0.25) is 0 Å². The lowest BCUT2D eigenvalue weighted by Gasteiger charge is -2.13. The van der Waals surface area contributed by atoms with Crippen LogP contribution in [0.1, 0.15) is 36.0 Å². The molecule has 4 rings (SSSR count). The van der Waals surface area contributed by atoms with Gasteiger partial charge in [-0.3, -0.25) is 4.79 Å². The molecule has 0 aliphatic carbocycles. The van der Waals surface area contributed by atoms with Crippen LogP contribution in [-0.2, 0) is 0 Å². The highest BCUT2D eigenvalue weighted by atomic mass is 16.1. The summed E-state index contributed by atoms with van der Waals surface area (Å²) >= 11 is 0. The summed E-state index contributed by atoms with van der Waals surface area (Å²) in [5.41, 5.74) is 9.59. The Labute approximate surface area is 158 Å². The molecule has 1 aromatic carbocycles. The highest BCUT2D eigenvalue weighted by Gasteiger charge is 2.13. The molecular formula is C21H23N5O. The molecule has 0 amide bonds. The number of benzene rings is 1. The van der Waals surface area contributed by atoms with Gasteiger partial charge in [0.25, 0.3) is 0 Å². The number of hydrogen-bond donors (Lipinski definition) is 1. The minimum absolute atomic E-state index is 0.180. The SMILES string of the molecule is Nc1ncnc2ccc(-c3cccc(C(=O)CCCN4CCCC4)c3)nc12. The van der Waals surface area contributed by atoms with Gasteiger partial charge in [-0.05, 0) is 57.1 Å². The van der Waals surface area contributed by atoms with E-state index in [1.165, 1.54) is 32.3 Å². The molecule has 6 heteroatoms. The Morgan fingerprint density at radius 1 is 1.11 bits per heavy atom. The van der Waals surface area contributed by atoms with Crippen LogP contribution in [0.3, 0.4) is 0 Å². The van der Waals surface area contributed by atoms with E-state index in [-0.39, 0.29) is 5.78 Å². The molecule has 0 atom stereocenters. The van der Waals surface area contributed by atoms with Crippen molar-refractivity contribution >= 4 is 22.6 Å². The van der Waals surface area contributed by atoms with Crippen molar-refractivity contribution in [3.05, 3.63) is 48.3 Å². The van der Waals surface area contributed by atoms with Crippen molar-refractivity contribution in [2.45, 2.75) is 25.7 Å². The molecule has 6 nitrogen and oxygen atoms in total. The molecule has 1 aliphatic rings. The van der Waals surface area contributed by atoms with Crippen LogP contribution in [-0.4, -0.2) is 45.3 Å². The molecule has 0 radical (unpaired) electrons. The maximum Gasteiger partial charge on any atom is 0.162 e. The van der Waals surface area contributed by atoms with E-state index in [1.807, 2.05) is 36.4 Å². The van der Waals surface area contributed by atoms with Gasteiger partial charge in [-0.1, -0.05) is 18.2 Å². The molecule has 0 saturated carbocycles. The fourth-order valence-electron chi connectivity index (χ4n) is 3.59. The van der Waals surface area contributed by atoms with E-state index in [4.69, 9.17) is 5.73 Å².